The Kier molecular flexibility index (Phi) is 5.84. The molecule has 0 spiro atoms. The van der Waals surface area contributed by atoms with Gasteiger partial charge in [0.05, 0.1) is 6.26 Å². The van der Waals surface area contributed by atoms with Crippen LogP contribution < -0.4 is 10.6 Å². The van der Waals surface area contributed by atoms with Gasteiger partial charge in [-0.3, -0.25) is 9.59 Å². The van der Waals surface area contributed by atoms with Crippen LogP contribution in [0.5, 0.6) is 0 Å². The molecule has 3 rings (SSSR count). The van der Waals surface area contributed by atoms with Gasteiger partial charge in [0.2, 0.25) is 11.8 Å². The number of carbonyl (C=O) groups is 2. The zero-order valence-corrected chi connectivity index (χ0v) is 14.9. The van der Waals surface area contributed by atoms with E-state index in [9.17, 15) is 9.59 Å². The molecule has 0 aliphatic rings. The molecule has 2 aromatic carbocycles. The smallest absolute Gasteiger partial charge is 0.244 e. The van der Waals surface area contributed by atoms with Crippen molar-refractivity contribution in [2.75, 3.05) is 5.32 Å². The highest BCUT2D eigenvalue weighted by molar-refractivity contribution is 5.92. The van der Waals surface area contributed by atoms with Crippen molar-refractivity contribution in [3.63, 3.8) is 0 Å². The lowest BCUT2D eigenvalue weighted by Crippen LogP contribution is -2.27. The van der Waals surface area contributed by atoms with Gasteiger partial charge >= 0.3 is 0 Å². The van der Waals surface area contributed by atoms with Crippen LogP contribution in [-0.2, 0) is 9.59 Å². The number of furan rings is 1. The van der Waals surface area contributed by atoms with E-state index in [4.69, 9.17) is 4.42 Å². The van der Waals surface area contributed by atoms with E-state index in [-0.39, 0.29) is 17.9 Å². The number of hydrogen-bond acceptors (Lipinski definition) is 3. The molecule has 136 valence electrons. The highest BCUT2D eigenvalue weighted by Crippen LogP contribution is 2.22. The summed E-state index contributed by atoms with van der Waals surface area (Å²) in [5.41, 5.74) is 2.51. The Morgan fingerprint density at radius 1 is 0.963 bits per heavy atom. The lowest BCUT2D eigenvalue weighted by Gasteiger charge is -2.16. The summed E-state index contributed by atoms with van der Waals surface area (Å²) in [4.78, 5) is 23.5. The van der Waals surface area contributed by atoms with Crippen LogP contribution in [0.4, 0.5) is 5.69 Å². The van der Waals surface area contributed by atoms with Gasteiger partial charge in [0.25, 0.3) is 0 Å². The average molecular weight is 360 g/mol. The Labute approximate surface area is 157 Å². The van der Waals surface area contributed by atoms with Crippen LogP contribution >= 0.6 is 0 Å². The number of anilines is 1. The molecule has 1 atom stereocenters. The number of hydrogen-bond donors (Lipinski definition) is 2. The molecule has 0 saturated carbocycles. The van der Waals surface area contributed by atoms with Crippen molar-refractivity contribution in [3.05, 3.63) is 96.0 Å². The molecule has 3 aromatic rings. The quantitative estimate of drug-likeness (QED) is 0.649. The normalized spacial score (nSPS) is 11.9. The second-order valence-corrected chi connectivity index (χ2v) is 6.00. The molecule has 0 bridgehead atoms. The van der Waals surface area contributed by atoms with Crippen molar-refractivity contribution < 1.29 is 14.0 Å². The van der Waals surface area contributed by atoms with E-state index in [0.717, 1.165) is 11.1 Å². The topological polar surface area (TPSA) is 71.3 Å². The Bertz CT molecular complexity index is 914. The van der Waals surface area contributed by atoms with Crippen molar-refractivity contribution in [1.29, 1.82) is 0 Å². The Balaban J connectivity index is 1.69. The fourth-order valence-corrected chi connectivity index (χ4v) is 2.66. The minimum absolute atomic E-state index is 0.123. The number of rotatable bonds is 6. The Morgan fingerprint density at radius 2 is 1.70 bits per heavy atom. The predicted molar refractivity (Wildman–Crippen MR) is 105 cm³/mol. The van der Waals surface area contributed by atoms with Crippen LogP contribution in [0.1, 0.15) is 29.9 Å². The van der Waals surface area contributed by atoms with Crippen molar-refractivity contribution in [3.8, 4) is 0 Å². The molecule has 0 aliphatic carbocycles. The first kappa shape index (κ1) is 18.2. The third-order valence-electron chi connectivity index (χ3n) is 3.91. The van der Waals surface area contributed by atoms with Gasteiger partial charge in [-0.05, 0) is 41.5 Å². The van der Waals surface area contributed by atoms with E-state index in [1.165, 1.54) is 13.0 Å². The van der Waals surface area contributed by atoms with Gasteiger partial charge in [-0.25, -0.2) is 0 Å². The summed E-state index contributed by atoms with van der Waals surface area (Å²) in [5, 5.41) is 5.67. The van der Waals surface area contributed by atoms with Crippen LogP contribution in [0.2, 0.25) is 0 Å². The van der Waals surface area contributed by atoms with Gasteiger partial charge in [-0.2, -0.15) is 0 Å². The second-order valence-electron chi connectivity index (χ2n) is 6.00. The lowest BCUT2D eigenvalue weighted by atomic mass is 10.0. The standard InChI is InChI=1S/C22H20N2O3/c1-16(25)23-19-12-9-17(10-13-19)11-14-21(26)24-22(20-8-5-15-27-20)18-6-3-2-4-7-18/h2-15,22H,1H3,(H,23,25)(H,24,26)/b14-11+. The zero-order chi connectivity index (χ0) is 19.1. The third-order valence-corrected chi connectivity index (χ3v) is 3.91. The maximum absolute atomic E-state index is 12.4. The number of nitrogens with one attached hydrogen (secondary N) is 2. The highest BCUT2D eigenvalue weighted by Gasteiger charge is 2.17. The fourth-order valence-electron chi connectivity index (χ4n) is 2.66. The summed E-state index contributed by atoms with van der Waals surface area (Å²) in [6.07, 6.45) is 4.78. The van der Waals surface area contributed by atoms with Crippen molar-refractivity contribution in [2.24, 2.45) is 0 Å². The molecular weight excluding hydrogens is 340 g/mol. The molecule has 5 nitrogen and oxygen atoms in total. The first-order chi connectivity index (χ1) is 13.1. The average Bonchev–Trinajstić information content (AvgIpc) is 3.20. The minimum atomic E-state index is -0.361. The van der Waals surface area contributed by atoms with Gasteiger partial charge < -0.3 is 15.1 Å². The van der Waals surface area contributed by atoms with Crippen LogP contribution in [0.25, 0.3) is 6.08 Å². The fraction of sp³-hybridized carbons (Fsp3) is 0.0909. The molecule has 5 heteroatoms. The highest BCUT2D eigenvalue weighted by atomic mass is 16.3. The summed E-state index contributed by atoms with van der Waals surface area (Å²) in [5.74, 6) is 0.316. The summed E-state index contributed by atoms with van der Waals surface area (Å²) in [7, 11) is 0. The molecule has 0 saturated heterocycles. The Morgan fingerprint density at radius 3 is 2.33 bits per heavy atom. The van der Waals surface area contributed by atoms with Gasteiger partial charge in [0.1, 0.15) is 11.8 Å². The molecule has 2 amide bonds. The van der Waals surface area contributed by atoms with Gasteiger partial charge in [0, 0.05) is 18.7 Å². The van der Waals surface area contributed by atoms with E-state index in [0.29, 0.717) is 11.4 Å². The monoisotopic (exact) mass is 360 g/mol. The molecule has 27 heavy (non-hydrogen) atoms. The molecule has 0 fully saturated rings. The zero-order valence-electron chi connectivity index (χ0n) is 14.9. The van der Waals surface area contributed by atoms with E-state index in [2.05, 4.69) is 10.6 Å². The molecule has 1 unspecified atom stereocenters. The summed E-state index contributed by atoms with van der Waals surface area (Å²) < 4.78 is 5.49. The third kappa shape index (κ3) is 5.19. The largest absolute Gasteiger partial charge is 0.467 e. The molecule has 1 heterocycles. The van der Waals surface area contributed by atoms with Crippen LogP contribution in [0, 0.1) is 0 Å². The van der Waals surface area contributed by atoms with E-state index in [1.54, 1.807) is 30.5 Å². The predicted octanol–water partition coefficient (Wildman–Crippen LogP) is 4.16. The van der Waals surface area contributed by atoms with Crippen molar-refractivity contribution in [1.82, 2.24) is 5.32 Å². The SMILES string of the molecule is CC(=O)Nc1ccc(/C=C/C(=O)NC(c2ccccc2)c2ccco2)cc1. The minimum Gasteiger partial charge on any atom is -0.467 e. The maximum atomic E-state index is 12.4. The molecule has 0 radical (unpaired) electrons. The van der Waals surface area contributed by atoms with Gasteiger partial charge in [0.15, 0.2) is 0 Å². The molecule has 1 aromatic heterocycles. The summed E-state index contributed by atoms with van der Waals surface area (Å²) in [6.45, 7) is 1.46. The van der Waals surface area contributed by atoms with Gasteiger partial charge in [-0.15, -0.1) is 0 Å². The first-order valence-corrected chi connectivity index (χ1v) is 8.56. The Hall–Kier alpha value is -3.60. The van der Waals surface area contributed by atoms with E-state index < -0.39 is 0 Å². The number of amides is 2. The second kappa shape index (κ2) is 8.67. The van der Waals surface area contributed by atoms with Crippen LogP contribution in [0.15, 0.2) is 83.5 Å². The van der Waals surface area contributed by atoms with Crippen molar-refractivity contribution >= 4 is 23.6 Å². The first-order valence-electron chi connectivity index (χ1n) is 8.56. The molecule has 0 aliphatic heterocycles. The lowest BCUT2D eigenvalue weighted by molar-refractivity contribution is -0.117. The maximum Gasteiger partial charge on any atom is 0.244 e. The van der Waals surface area contributed by atoms with Gasteiger partial charge in [-0.1, -0.05) is 42.5 Å². The van der Waals surface area contributed by atoms with Crippen molar-refractivity contribution in [2.45, 2.75) is 13.0 Å². The summed E-state index contributed by atoms with van der Waals surface area (Å²) in [6, 6.07) is 20.2. The molecule has 2 N–H and O–H groups in total. The number of benzene rings is 2. The number of carbonyl (C=O) groups excluding carboxylic acids is 2. The summed E-state index contributed by atoms with van der Waals surface area (Å²) >= 11 is 0. The van der Waals surface area contributed by atoms with Crippen LogP contribution in [0.3, 0.4) is 0 Å². The van der Waals surface area contributed by atoms with Crippen LogP contribution in [-0.4, -0.2) is 11.8 Å². The van der Waals surface area contributed by atoms with E-state index >= 15 is 0 Å². The molecular formula is C22H20N2O3. The van der Waals surface area contributed by atoms with E-state index in [1.807, 2.05) is 48.5 Å².